The summed E-state index contributed by atoms with van der Waals surface area (Å²) in [7, 11) is -3.76. The van der Waals surface area contributed by atoms with Crippen LogP contribution in [0.5, 0.6) is 0 Å². The maximum atomic E-state index is 12.9. The number of nitrogens with one attached hydrogen (secondary N) is 1. The Labute approximate surface area is 214 Å². The minimum atomic E-state index is -3.76. The maximum Gasteiger partial charge on any atom is 0.310 e. The molecule has 0 aromatic heterocycles. The number of amides is 1. The van der Waals surface area contributed by atoms with Gasteiger partial charge < -0.3 is 14.8 Å². The number of hydrogen-bond acceptors (Lipinski definition) is 6. The molecule has 0 radical (unpaired) electrons. The second-order valence-electron chi connectivity index (χ2n) is 8.11. The molecule has 0 spiro atoms. The summed E-state index contributed by atoms with van der Waals surface area (Å²) in [5, 5.41) is 2.68. The molecule has 0 saturated carbocycles. The summed E-state index contributed by atoms with van der Waals surface area (Å²) in [5.41, 5.74) is 2.97. The van der Waals surface area contributed by atoms with Crippen LogP contribution < -0.4 is 5.32 Å². The Kier molecular flexibility index (Phi) is 8.37. The number of anilines is 1. The molecule has 8 nitrogen and oxygen atoms in total. The lowest BCUT2D eigenvalue weighted by atomic mass is 10.0. The number of ether oxygens (including phenoxy) is 2. The van der Waals surface area contributed by atoms with Gasteiger partial charge in [-0.1, -0.05) is 66.2 Å². The molecular formula is C26H25ClN2O6S. The van der Waals surface area contributed by atoms with Gasteiger partial charge >= 0.3 is 5.97 Å². The van der Waals surface area contributed by atoms with E-state index in [-0.39, 0.29) is 35.1 Å². The minimum Gasteiger partial charge on any atom is -0.455 e. The van der Waals surface area contributed by atoms with Crippen LogP contribution in [-0.4, -0.2) is 57.5 Å². The van der Waals surface area contributed by atoms with E-state index >= 15 is 0 Å². The van der Waals surface area contributed by atoms with Crippen molar-refractivity contribution in [1.82, 2.24) is 4.31 Å². The van der Waals surface area contributed by atoms with Crippen molar-refractivity contribution in [2.75, 3.05) is 38.2 Å². The SMILES string of the molecule is O=C(COC(=O)Cc1ccc(-c2ccccc2)cc1)Nc1cc(S(=O)(=O)N2CCOCC2)ccc1Cl. The zero-order valence-corrected chi connectivity index (χ0v) is 20.9. The Morgan fingerprint density at radius 3 is 2.31 bits per heavy atom. The molecule has 36 heavy (non-hydrogen) atoms. The van der Waals surface area contributed by atoms with Gasteiger partial charge in [0.2, 0.25) is 10.0 Å². The third-order valence-corrected chi connectivity index (χ3v) is 7.82. The first-order chi connectivity index (χ1) is 17.3. The van der Waals surface area contributed by atoms with Crippen LogP contribution in [0.3, 0.4) is 0 Å². The molecule has 10 heteroatoms. The first-order valence-electron chi connectivity index (χ1n) is 11.3. The van der Waals surface area contributed by atoms with Crippen LogP contribution in [0.15, 0.2) is 77.7 Å². The van der Waals surface area contributed by atoms with E-state index in [1.807, 2.05) is 54.6 Å². The van der Waals surface area contributed by atoms with E-state index in [1.165, 1.54) is 22.5 Å². The van der Waals surface area contributed by atoms with Crippen molar-refractivity contribution in [3.8, 4) is 11.1 Å². The standard InChI is InChI=1S/C26H25ClN2O6S/c27-23-11-10-22(36(32,33)29-12-14-34-15-13-29)17-24(23)28-25(30)18-35-26(31)16-19-6-8-21(9-7-19)20-4-2-1-3-5-20/h1-11,17H,12-16,18H2,(H,28,30). The predicted octanol–water partition coefficient (Wildman–Crippen LogP) is 3.75. The van der Waals surface area contributed by atoms with Crippen LogP contribution in [0.2, 0.25) is 5.02 Å². The van der Waals surface area contributed by atoms with E-state index in [0.29, 0.717) is 13.2 Å². The van der Waals surface area contributed by atoms with Gasteiger partial charge in [0, 0.05) is 13.1 Å². The normalized spacial score (nSPS) is 14.2. The number of morpholine rings is 1. The molecule has 1 heterocycles. The Hall–Kier alpha value is -3.24. The number of carbonyl (C=O) groups excluding carboxylic acids is 2. The molecule has 1 N–H and O–H groups in total. The van der Waals surface area contributed by atoms with Gasteiger partial charge in [0.05, 0.1) is 35.2 Å². The van der Waals surface area contributed by atoms with Crippen molar-refractivity contribution >= 4 is 39.2 Å². The highest BCUT2D eigenvalue weighted by molar-refractivity contribution is 7.89. The Morgan fingerprint density at radius 2 is 1.61 bits per heavy atom. The molecule has 3 aromatic carbocycles. The van der Waals surface area contributed by atoms with Crippen molar-refractivity contribution in [3.05, 3.63) is 83.4 Å². The average Bonchev–Trinajstić information content (AvgIpc) is 2.90. The summed E-state index contributed by atoms with van der Waals surface area (Å²) in [4.78, 5) is 24.6. The second-order valence-corrected chi connectivity index (χ2v) is 10.5. The van der Waals surface area contributed by atoms with Gasteiger partial charge in [0.25, 0.3) is 5.91 Å². The summed E-state index contributed by atoms with van der Waals surface area (Å²) in [6.45, 7) is 0.602. The largest absolute Gasteiger partial charge is 0.455 e. The number of halogens is 1. The Bertz CT molecular complexity index is 1320. The molecule has 3 aromatic rings. The molecule has 1 amide bonds. The summed E-state index contributed by atoms with van der Waals surface area (Å²) in [6, 6.07) is 21.5. The van der Waals surface area contributed by atoms with E-state index < -0.39 is 28.5 Å². The second kappa shape index (κ2) is 11.7. The molecule has 1 aliphatic rings. The number of rotatable bonds is 8. The Morgan fingerprint density at radius 1 is 0.944 bits per heavy atom. The highest BCUT2D eigenvalue weighted by Crippen LogP contribution is 2.27. The monoisotopic (exact) mass is 528 g/mol. The topological polar surface area (TPSA) is 102 Å². The molecular weight excluding hydrogens is 504 g/mol. The fraction of sp³-hybridized carbons (Fsp3) is 0.231. The van der Waals surface area contributed by atoms with E-state index in [0.717, 1.165) is 16.7 Å². The van der Waals surface area contributed by atoms with Crippen LogP contribution in [0.1, 0.15) is 5.56 Å². The van der Waals surface area contributed by atoms with E-state index in [4.69, 9.17) is 21.1 Å². The van der Waals surface area contributed by atoms with E-state index in [2.05, 4.69) is 5.32 Å². The maximum absolute atomic E-state index is 12.9. The first-order valence-corrected chi connectivity index (χ1v) is 13.1. The third kappa shape index (κ3) is 6.50. The molecule has 1 aliphatic heterocycles. The molecule has 188 valence electrons. The summed E-state index contributed by atoms with van der Waals surface area (Å²) in [5.74, 6) is -1.20. The average molecular weight is 529 g/mol. The summed E-state index contributed by atoms with van der Waals surface area (Å²) < 4.78 is 37.4. The Balaban J connectivity index is 1.31. The van der Waals surface area contributed by atoms with Gasteiger partial charge in [-0.2, -0.15) is 4.31 Å². The minimum absolute atomic E-state index is 0.0000411. The molecule has 0 atom stereocenters. The lowest BCUT2D eigenvalue weighted by Gasteiger charge is -2.26. The van der Waals surface area contributed by atoms with Gasteiger partial charge in [-0.25, -0.2) is 8.42 Å². The van der Waals surface area contributed by atoms with E-state index in [1.54, 1.807) is 0 Å². The van der Waals surface area contributed by atoms with Gasteiger partial charge in [0.1, 0.15) is 0 Å². The number of esters is 1. The fourth-order valence-electron chi connectivity index (χ4n) is 3.69. The molecule has 0 aliphatic carbocycles. The van der Waals surface area contributed by atoms with Gasteiger partial charge in [-0.3, -0.25) is 9.59 Å². The molecule has 1 saturated heterocycles. The summed E-state index contributed by atoms with van der Waals surface area (Å²) >= 11 is 6.15. The van der Waals surface area contributed by atoms with Gasteiger partial charge in [-0.15, -0.1) is 0 Å². The smallest absolute Gasteiger partial charge is 0.310 e. The van der Waals surface area contributed by atoms with Crippen LogP contribution >= 0.6 is 11.6 Å². The van der Waals surface area contributed by atoms with E-state index in [9.17, 15) is 18.0 Å². The third-order valence-electron chi connectivity index (χ3n) is 5.59. The number of benzene rings is 3. The number of hydrogen-bond donors (Lipinski definition) is 1. The lowest BCUT2D eigenvalue weighted by Crippen LogP contribution is -2.40. The molecule has 1 fully saturated rings. The quantitative estimate of drug-likeness (QED) is 0.447. The number of sulfonamides is 1. The van der Waals surface area contributed by atoms with Gasteiger partial charge in [0.15, 0.2) is 6.61 Å². The fourth-order valence-corrected chi connectivity index (χ4v) is 5.29. The zero-order valence-electron chi connectivity index (χ0n) is 19.4. The first kappa shape index (κ1) is 25.8. The van der Waals surface area contributed by atoms with Crippen molar-refractivity contribution in [3.63, 3.8) is 0 Å². The summed E-state index contributed by atoms with van der Waals surface area (Å²) in [6.07, 6.45) is 0.0103. The lowest BCUT2D eigenvalue weighted by molar-refractivity contribution is -0.146. The highest BCUT2D eigenvalue weighted by Gasteiger charge is 2.27. The van der Waals surface area contributed by atoms with Crippen LogP contribution in [0.4, 0.5) is 5.69 Å². The number of carbonyl (C=O) groups is 2. The van der Waals surface area contributed by atoms with Crippen LogP contribution in [-0.2, 0) is 35.5 Å². The van der Waals surface area contributed by atoms with Crippen molar-refractivity contribution in [2.24, 2.45) is 0 Å². The highest BCUT2D eigenvalue weighted by atomic mass is 35.5. The van der Waals surface area contributed by atoms with Crippen molar-refractivity contribution in [2.45, 2.75) is 11.3 Å². The van der Waals surface area contributed by atoms with Crippen LogP contribution in [0, 0.1) is 0 Å². The van der Waals surface area contributed by atoms with Crippen LogP contribution in [0.25, 0.3) is 11.1 Å². The number of nitrogens with zero attached hydrogens (tertiary/aromatic N) is 1. The zero-order chi connectivity index (χ0) is 25.5. The van der Waals surface area contributed by atoms with Gasteiger partial charge in [-0.05, 0) is 34.9 Å². The molecule has 0 bridgehead atoms. The molecule has 0 unspecified atom stereocenters. The molecule has 4 rings (SSSR count). The predicted molar refractivity (Wildman–Crippen MR) is 136 cm³/mol. The van der Waals surface area contributed by atoms with Crippen molar-refractivity contribution in [1.29, 1.82) is 0 Å². The van der Waals surface area contributed by atoms with Crippen molar-refractivity contribution < 1.29 is 27.5 Å².